The molecule has 0 aromatic heterocycles. The molecule has 1 heterocycles. The Balaban J connectivity index is 0.00000364. The summed E-state index contributed by atoms with van der Waals surface area (Å²) < 4.78 is 5.43. The highest BCUT2D eigenvalue weighted by Crippen LogP contribution is 2.16. The molecule has 7 nitrogen and oxygen atoms in total. The van der Waals surface area contributed by atoms with Gasteiger partial charge in [-0.1, -0.05) is 12.1 Å². The smallest absolute Gasteiger partial charge is 0.239 e. The van der Waals surface area contributed by atoms with Gasteiger partial charge in [-0.2, -0.15) is 0 Å². The van der Waals surface area contributed by atoms with Gasteiger partial charge >= 0.3 is 0 Å². The molecule has 1 amide bonds. The number of methoxy groups -OCH3 is 1. The molecule has 0 saturated carbocycles. The second kappa shape index (κ2) is 11.3. The zero-order valence-corrected chi connectivity index (χ0v) is 19.0. The molecule has 1 aliphatic rings. The van der Waals surface area contributed by atoms with Crippen LogP contribution in [0.15, 0.2) is 29.3 Å². The Morgan fingerprint density at radius 2 is 2.00 bits per heavy atom. The number of amides is 1. The van der Waals surface area contributed by atoms with Crippen LogP contribution >= 0.6 is 24.0 Å². The maximum absolute atomic E-state index is 11.5. The number of nitrogens with zero attached hydrogens (tertiary/aromatic N) is 2. The number of nitrogens with one attached hydrogen (secondary N) is 3. The Labute approximate surface area is 179 Å². The van der Waals surface area contributed by atoms with Crippen LogP contribution in [0.1, 0.15) is 26.3 Å². The number of piperazine rings is 1. The van der Waals surface area contributed by atoms with Crippen molar-refractivity contribution < 1.29 is 9.53 Å². The van der Waals surface area contributed by atoms with E-state index in [4.69, 9.17) is 4.74 Å². The van der Waals surface area contributed by atoms with E-state index >= 15 is 0 Å². The van der Waals surface area contributed by atoms with E-state index in [1.54, 1.807) is 7.11 Å². The third kappa shape index (κ3) is 7.92. The number of anilines is 1. The molecule has 2 rings (SSSR count). The van der Waals surface area contributed by atoms with Crippen LogP contribution in [0.25, 0.3) is 0 Å². The van der Waals surface area contributed by atoms with Crippen LogP contribution < -0.4 is 20.9 Å². The Morgan fingerprint density at radius 1 is 1.30 bits per heavy atom. The van der Waals surface area contributed by atoms with Crippen molar-refractivity contribution in [1.82, 2.24) is 16.0 Å². The number of halogens is 1. The number of hydrogen-bond donors (Lipinski definition) is 3. The van der Waals surface area contributed by atoms with Crippen molar-refractivity contribution in [3.8, 4) is 0 Å². The van der Waals surface area contributed by atoms with Crippen LogP contribution in [-0.2, 0) is 16.1 Å². The number of carbonyl (C=O) groups excluding carboxylic acids is 1. The third-order valence-corrected chi connectivity index (χ3v) is 4.34. The molecule has 0 unspecified atom stereocenters. The molecule has 0 atom stereocenters. The molecular weight excluding hydrogens is 457 g/mol. The average molecular weight is 489 g/mol. The lowest BCUT2D eigenvalue weighted by Gasteiger charge is -2.28. The normalized spacial score (nSPS) is 15.0. The number of carbonyl (C=O) groups is 1. The number of rotatable bonds is 7. The second-order valence-electron chi connectivity index (χ2n) is 6.95. The first-order valence-corrected chi connectivity index (χ1v) is 9.11. The highest BCUT2D eigenvalue weighted by Gasteiger charge is 2.17. The van der Waals surface area contributed by atoms with E-state index in [0.717, 1.165) is 30.3 Å². The molecule has 152 valence electrons. The summed E-state index contributed by atoms with van der Waals surface area (Å²) in [5, 5.41) is 9.40. The van der Waals surface area contributed by atoms with E-state index < -0.39 is 0 Å². The van der Waals surface area contributed by atoms with Gasteiger partial charge in [0.15, 0.2) is 5.96 Å². The van der Waals surface area contributed by atoms with Crippen molar-refractivity contribution in [2.45, 2.75) is 32.9 Å². The maximum Gasteiger partial charge on any atom is 0.239 e. The fourth-order valence-corrected chi connectivity index (χ4v) is 2.55. The summed E-state index contributed by atoms with van der Waals surface area (Å²) in [7, 11) is 1.71. The molecule has 1 fully saturated rings. The average Bonchev–Trinajstić information content (AvgIpc) is 2.64. The fourth-order valence-electron chi connectivity index (χ4n) is 2.55. The van der Waals surface area contributed by atoms with E-state index in [1.165, 1.54) is 0 Å². The number of aliphatic imine (C=N–C) groups is 1. The first kappa shape index (κ1) is 23.5. The van der Waals surface area contributed by atoms with E-state index in [9.17, 15) is 4.79 Å². The van der Waals surface area contributed by atoms with Crippen LogP contribution in [0.4, 0.5) is 5.69 Å². The van der Waals surface area contributed by atoms with Crippen molar-refractivity contribution in [1.29, 1.82) is 0 Å². The predicted octanol–water partition coefficient (Wildman–Crippen LogP) is 1.72. The first-order chi connectivity index (χ1) is 12.4. The number of guanidine groups is 1. The van der Waals surface area contributed by atoms with Crippen LogP contribution in [-0.4, -0.2) is 57.3 Å². The minimum atomic E-state index is -0.251. The predicted molar refractivity (Wildman–Crippen MR) is 121 cm³/mol. The van der Waals surface area contributed by atoms with Gasteiger partial charge in [-0.3, -0.25) is 4.79 Å². The van der Waals surface area contributed by atoms with E-state index in [-0.39, 0.29) is 35.5 Å². The Hall–Kier alpha value is -1.55. The van der Waals surface area contributed by atoms with Crippen molar-refractivity contribution in [3.63, 3.8) is 0 Å². The first-order valence-electron chi connectivity index (χ1n) is 9.11. The van der Waals surface area contributed by atoms with E-state index in [0.29, 0.717) is 26.2 Å². The summed E-state index contributed by atoms with van der Waals surface area (Å²) in [6, 6.07) is 8.23. The molecule has 1 aromatic carbocycles. The molecule has 1 aromatic rings. The maximum atomic E-state index is 11.5. The molecule has 1 saturated heterocycles. The third-order valence-electron chi connectivity index (χ3n) is 4.34. The van der Waals surface area contributed by atoms with Crippen molar-refractivity contribution in [2.24, 2.45) is 4.99 Å². The van der Waals surface area contributed by atoms with E-state index in [1.807, 2.05) is 20.8 Å². The molecular formula is C19H32IN5O2. The Kier molecular flexibility index (Phi) is 9.86. The quantitative estimate of drug-likeness (QED) is 0.309. The van der Waals surface area contributed by atoms with Gasteiger partial charge in [0.2, 0.25) is 5.91 Å². The van der Waals surface area contributed by atoms with Gasteiger partial charge in [-0.15, -0.1) is 24.0 Å². The number of benzene rings is 1. The lowest BCUT2D eigenvalue weighted by atomic mass is 10.1. The molecule has 27 heavy (non-hydrogen) atoms. The van der Waals surface area contributed by atoms with Gasteiger partial charge in [0, 0.05) is 39.0 Å². The summed E-state index contributed by atoms with van der Waals surface area (Å²) >= 11 is 0. The van der Waals surface area contributed by atoms with Crippen molar-refractivity contribution >= 4 is 41.5 Å². The zero-order chi connectivity index (χ0) is 19.0. The van der Waals surface area contributed by atoms with Crippen LogP contribution in [0.2, 0.25) is 0 Å². The summed E-state index contributed by atoms with van der Waals surface area (Å²) in [5.74, 6) is 0.847. The molecule has 1 aliphatic heterocycles. The molecule has 0 spiro atoms. The largest absolute Gasteiger partial charge is 0.377 e. The molecule has 0 radical (unpaired) electrons. The van der Waals surface area contributed by atoms with Crippen LogP contribution in [0.3, 0.4) is 0 Å². The summed E-state index contributed by atoms with van der Waals surface area (Å²) in [6.07, 6.45) is 0. The van der Waals surface area contributed by atoms with Gasteiger partial charge < -0.3 is 25.6 Å². The monoisotopic (exact) mass is 489 g/mol. The van der Waals surface area contributed by atoms with Gasteiger partial charge in [0.1, 0.15) is 0 Å². The minimum absolute atomic E-state index is 0. The lowest BCUT2D eigenvalue weighted by molar-refractivity contribution is -0.120. The Morgan fingerprint density at radius 3 is 2.59 bits per heavy atom. The summed E-state index contributed by atoms with van der Waals surface area (Å²) in [6.45, 7) is 10.1. The van der Waals surface area contributed by atoms with Gasteiger partial charge in [-0.25, -0.2) is 4.99 Å². The number of ether oxygens (including phenoxy) is 1. The zero-order valence-electron chi connectivity index (χ0n) is 16.7. The second-order valence-corrected chi connectivity index (χ2v) is 6.95. The topological polar surface area (TPSA) is 78.0 Å². The Bertz CT molecular complexity index is 619. The molecule has 0 bridgehead atoms. The number of hydrogen-bond acceptors (Lipinski definition) is 4. The van der Waals surface area contributed by atoms with Gasteiger partial charge in [0.05, 0.1) is 18.7 Å². The van der Waals surface area contributed by atoms with E-state index in [2.05, 4.69) is 50.1 Å². The van der Waals surface area contributed by atoms with Crippen molar-refractivity contribution in [2.75, 3.05) is 44.7 Å². The molecule has 0 aliphatic carbocycles. The highest BCUT2D eigenvalue weighted by atomic mass is 127. The standard InChI is InChI=1S/C19H31N5O2.HI/c1-5-20-18(23-14-19(2,3)26-4)22-12-15-6-8-16(9-7-15)24-11-10-21-17(25)13-24;/h6-9H,5,10-14H2,1-4H3,(H,21,25)(H2,20,22,23);1H. The van der Waals surface area contributed by atoms with Gasteiger partial charge in [0.25, 0.3) is 0 Å². The van der Waals surface area contributed by atoms with Gasteiger partial charge in [-0.05, 0) is 38.5 Å². The summed E-state index contributed by atoms with van der Waals surface area (Å²) in [4.78, 5) is 18.2. The fraction of sp³-hybridized carbons (Fsp3) is 0.579. The minimum Gasteiger partial charge on any atom is -0.377 e. The molecule has 8 heteroatoms. The lowest BCUT2D eigenvalue weighted by Crippen LogP contribution is -2.47. The summed E-state index contributed by atoms with van der Waals surface area (Å²) in [5.41, 5.74) is 1.94. The SMILES string of the molecule is CCNC(=NCc1ccc(N2CCNC(=O)C2)cc1)NCC(C)(C)OC.I. The molecule has 3 N–H and O–H groups in total. The van der Waals surface area contributed by atoms with Crippen LogP contribution in [0.5, 0.6) is 0 Å². The van der Waals surface area contributed by atoms with Crippen LogP contribution in [0, 0.1) is 0 Å². The highest BCUT2D eigenvalue weighted by molar-refractivity contribution is 14.0. The van der Waals surface area contributed by atoms with Crippen molar-refractivity contribution in [3.05, 3.63) is 29.8 Å².